The van der Waals surface area contributed by atoms with Gasteiger partial charge in [0.2, 0.25) is 0 Å². The van der Waals surface area contributed by atoms with Crippen LogP contribution in [0.1, 0.15) is 27.2 Å². The number of ether oxygens (including phenoxy) is 1. The summed E-state index contributed by atoms with van der Waals surface area (Å²) in [6, 6.07) is 0.615. The maximum absolute atomic E-state index is 5.68. The van der Waals surface area contributed by atoms with E-state index in [1.807, 2.05) is 7.05 Å². The fraction of sp³-hybridized carbons (Fsp3) is 1.00. The first kappa shape index (κ1) is 12.0. The summed E-state index contributed by atoms with van der Waals surface area (Å²) in [5, 5.41) is 3.34. The van der Waals surface area contributed by atoms with E-state index >= 15 is 0 Å². The number of likely N-dealkylation sites (N-methyl/N-ethyl adjacent to an activating group) is 1. The number of hydrogen-bond acceptors (Lipinski definition) is 3. The number of hydrogen-bond donors (Lipinski definition) is 1. The zero-order valence-electron chi connectivity index (χ0n) is 9.97. The van der Waals surface area contributed by atoms with Crippen LogP contribution >= 0.6 is 0 Å². The Kier molecular flexibility index (Phi) is 4.35. The Hall–Kier alpha value is -0.120. The number of nitrogens with one attached hydrogen (secondary N) is 1. The molecule has 1 aliphatic heterocycles. The van der Waals surface area contributed by atoms with Gasteiger partial charge in [-0.15, -0.1) is 0 Å². The van der Waals surface area contributed by atoms with Gasteiger partial charge in [0.25, 0.3) is 0 Å². The van der Waals surface area contributed by atoms with Gasteiger partial charge in [0.05, 0.1) is 12.2 Å². The lowest BCUT2D eigenvalue weighted by Crippen LogP contribution is -2.51. The summed E-state index contributed by atoms with van der Waals surface area (Å²) in [7, 11) is 2.04. The number of rotatable bonds is 4. The van der Waals surface area contributed by atoms with Crippen LogP contribution in [-0.2, 0) is 4.74 Å². The van der Waals surface area contributed by atoms with E-state index in [2.05, 4.69) is 31.0 Å². The molecule has 1 fully saturated rings. The van der Waals surface area contributed by atoms with Gasteiger partial charge in [0, 0.05) is 25.7 Å². The van der Waals surface area contributed by atoms with Gasteiger partial charge < -0.3 is 10.1 Å². The van der Waals surface area contributed by atoms with E-state index in [-0.39, 0.29) is 5.60 Å². The molecule has 0 aromatic carbocycles. The third-order valence-corrected chi connectivity index (χ3v) is 2.88. The predicted octanol–water partition coefficient (Wildman–Crippen LogP) is 1.10. The standard InChI is InChI=1S/C11H24N2O/c1-5-10(12-4)8-13-6-7-14-11(2,3)9-13/h10,12H,5-9H2,1-4H3. The second kappa shape index (κ2) is 5.10. The average molecular weight is 200 g/mol. The number of nitrogens with zero attached hydrogens (tertiary/aromatic N) is 1. The largest absolute Gasteiger partial charge is 0.373 e. The van der Waals surface area contributed by atoms with Crippen molar-refractivity contribution >= 4 is 0 Å². The van der Waals surface area contributed by atoms with Gasteiger partial charge >= 0.3 is 0 Å². The highest BCUT2D eigenvalue weighted by molar-refractivity contribution is 4.81. The Balaban J connectivity index is 2.37. The molecule has 14 heavy (non-hydrogen) atoms. The van der Waals surface area contributed by atoms with Crippen LogP contribution in [0.5, 0.6) is 0 Å². The Bertz CT molecular complexity index is 167. The van der Waals surface area contributed by atoms with Crippen molar-refractivity contribution in [3.8, 4) is 0 Å². The van der Waals surface area contributed by atoms with Crippen molar-refractivity contribution in [1.82, 2.24) is 10.2 Å². The van der Waals surface area contributed by atoms with Crippen LogP contribution in [-0.4, -0.2) is 49.8 Å². The van der Waals surface area contributed by atoms with Crippen LogP contribution < -0.4 is 5.32 Å². The summed E-state index contributed by atoms with van der Waals surface area (Å²) in [5.41, 5.74) is 0.0320. The summed E-state index contributed by atoms with van der Waals surface area (Å²) >= 11 is 0. The zero-order chi connectivity index (χ0) is 10.6. The van der Waals surface area contributed by atoms with Gasteiger partial charge in [-0.25, -0.2) is 0 Å². The third kappa shape index (κ3) is 3.56. The fourth-order valence-electron chi connectivity index (χ4n) is 2.01. The third-order valence-electron chi connectivity index (χ3n) is 2.88. The lowest BCUT2D eigenvalue weighted by atomic mass is 10.1. The van der Waals surface area contributed by atoms with Crippen LogP contribution in [0.2, 0.25) is 0 Å². The van der Waals surface area contributed by atoms with E-state index in [0.29, 0.717) is 6.04 Å². The minimum atomic E-state index is 0.0320. The molecule has 3 heteroatoms. The normalized spacial score (nSPS) is 24.9. The van der Waals surface area contributed by atoms with Crippen LogP contribution in [0.4, 0.5) is 0 Å². The minimum absolute atomic E-state index is 0.0320. The molecular weight excluding hydrogens is 176 g/mol. The first-order valence-electron chi connectivity index (χ1n) is 5.61. The van der Waals surface area contributed by atoms with Crippen molar-refractivity contribution in [2.75, 3.05) is 33.3 Å². The summed E-state index contributed by atoms with van der Waals surface area (Å²) in [5.74, 6) is 0. The molecule has 1 saturated heterocycles. The quantitative estimate of drug-likeness (QED) is 0.735. The summed E-state index contributed by atoms with van der Waals surface area (Å²) in [6.07, 6.45) is 1.19. The molecule has 0 saturated carbocycles. The summed E-state index contributed by atoms with van der Waals surface area (Å²) in [4.78, 5) is 2.49. The molecule has 1 N–H and O–H groups in total. The van der Waals surface area contributed by atoms with E-state index in [9.17, 15) is 0 Å². The van der Waals surface area contributed by atoms with Gasteiger partial charge in [-0.05, 0) is 27.3 Å². The molecule has 1 atom stereocenters. The Morgan fingerprint density at radius 2 is 2.21 bits per heavy atom. The highest BCUT2D eigenvalue weighted by Crippen LogP contribution is 2.16. The molecule has 0 amide bonds. The number of morpholine rings is 1. The minimum Gasteiger partial charge on any atom is -0.373 e. The van der Waals surface area contributed by atoms with Gasteiger partial charge in [-0.1, -0.05) is 6.92 Å². The van der Waals surface area contributed by atoms with E-state index in [4.69, 9.17) is 4.74 Å². The van der Waals surface area contributed by atoms with Crippen molar-refractivity contribution in [3.05, 3.63) is 0 Å². The second-order valence-corrected chi connectivity index (χ2v) is 4.74. The van der Waals surface area contributed by atoms with Gasteiger partial charge in [-0.3, -0.25) is 4.90 Å². The molecule has 1 heterocycles. The molecule has 0 radical (unpaired) electrons. The van der Waals surface area contributed by atoms with E-state index in [0.717, 1.165) is 26.2 Å². The smallest absolute Gasteiger partial charge is 0.0753 e. The Labute approximate surface area is 87.8 Å². The fourth-order valence-corrected chi connectivity index (χ4v) is 2.01. The zero-order valence-corrected chi connectivity index (χ0v) is 9.97. The molecule has 0 spiro atoms. The topological polar surface area (TPSA) is 24.5 Å². The maximum Gasteiger partial charge on any atom is 0.0753 e. The van der Waals surface area contributed by atoms with Crippen LogP contribution in [0.25, 0.3) is 0 Å². The molecular formula is C11H24N2O. The molecule has 0 aromatic rings. The van der Waals surface area contributed by atoms with Crippen molar-refractivity contribution in [3.63, 3.8) is 0 Å². The van der Waals surface area contributed by atoms with Crippen molar-refractivity contribution in [2.24, 2.45) is 0 Å². The van der Waals surface area contributed by atoms with Crippen molar-refractivity contribution < 1.29 is 4.74 Å². The maximum atomic E-state index is 5.68. The Morgan fingerprint density at radius 1 is 1.50 bits per heavy atom. The van der Waals surface area contributed by atoms with E-state index in [1.54, 1.807) is 0 Å². The molecule has 0 aliphatic carbocycles. The molecule has 84 valence electrons. The average Bonchev–Trinajstić information content (AvgIpc) is 2.12. The molecule has 0 aromatic heterocycles. The highest BCUT2D eigenvalue weighted by atomic mass is 16.5. The molecule has 1 rings (SSSR count). The van der Waals surface area contributed by atoms with Gasteiger partial charge in [0.15, 0.2) is 0 Å². The van der Waals surface area contributed by atoms with Crippen molar-refractivity contribution in [1.29, 1.82) is 0 Å². The van der Waals surface area contributed by atoms with Gasteiger partial charge in [-0.2, -0.15) is 0 Å². The lowest BCUT2D eigenvalue weighted by Gasteiger charge is -2.39. The first-order valence-corrected chi connectivity index (χ1v) is 5.61. The van der Waals surface area contributed by atoms with Gasteiger partial charge in [0.1, 0.15) is 0 Å². The summed E-state index contributed by atoms with van der Waals surface area (Å²) < 4.78 is 5.68. The lowest BCUT2D eigenvalue weighted by molar-refractivity contribution is -0.0875. The highest BCUT2D eigenvalue weighted by Gasteiger charge is 2.27. The monoisotopic (exact) mass is 200 g/mol. The first-order chi connectivity index (χ1) is 6.57. The van der Waals surface area contributed by atoms with Crippen LogP contribution in [0.15, 0.2) is 0 Å². The predicted molar refractivity (Wildman–Crippen MR) is 59.6 cm³/mol. The molecule has 1 unspecified atom stereocenters. The second-order valence-electron chi connectivity index (χ2n) is 4.74. The molecule has 0 bridgehead atoms. The van der Waals surface area contributed by atoms with E-state index in [1.165, 1.54) is 6.42 Å². The van der Waals surface area contributed by atoms with Crippen LogP contribution in [0, 0.1) is 0 Å². The Morgan fingerprint density at radius 3 is 2.71 bits per heavy atom. The van der Waals surface area contributed by atoms with Crippen LogP contribution in [0.3, 0.4) is 0 Å². The molecule has 3 nitrogen and oxygen atoms in total. The van der Waals surface area contributed by atoms with Crippen molar-refractivity contribution in [2.45, 2.75) is 38.8 Å². The molecule has 1 aliphatic rings. The SMILES string of the molecule is CCC(CN1CCOC(C)(C)C1)NC. The summed E-state index contributed by atoms with van der Waals surface area (Å²) in [6.45, 7) is 10.7. The van der Waals surface area contributed by atoms with E-state index < -0.39 is 0 Å².